The minimum Gasteiger partial charge on any atom is -0.459 e. The number of H-pyrrole nitrogens is 1. The fraction of sp³-hybridized carbons (Fsp3) is 0.286. The molecule has 0 aromatic carbocycles. The highest BCUT2D eigenvalue weighted by molar-refractivity contribution is 7.18. The molecule has 0 bridgehead atoms. The number of nitrogens with zero attached hydrogens (tertiary/aromatic N) is 2. The largest absolute Gasteiger partial charge is 0.459 e. The van der Waals surface area contributed by atoms with Gasteiger partial charge in [0.2, 0.25) is 5.69 Å². The van der Waals surface area contributed by atoms with Crippen LogP contribution < -0.4 is 11.1 Å². The lowest BCUT2D eigenvalue weighted by Crippen LogP contribution is -2.18. The van der Waals surface area contributed by atoms with Gasteiger partial charge in [0.1, 0.15) is 11.2 Å². The van der Waals surface area contributed by atoms with Gasteiger partial charge in [0.05, 0.1) is 21.5 Å². The minimum absolute atomic E-state index is 0.00384. The van der Waals surface area contributed by atoms with Gasteiger partial charge in [-0.15, -0.1) is 11.3 Å². The van der Waals surface area contributed by atoms with Gasteiger partial charge in [-0.25, -0.2) is 4.79 Å². The molecule has 26 heavy (non-hydrogen) atoms. The van der Waals surface area contributed by atoms with E-state index < -0.39 is 40.2 Å². The number of thiophene rings is 1. The van der Waals surface area contributed by atoms with Crippen molar-refractivity contribution in [3.8, 4) is 0 Å². The summed E-state index contributed by atoms with van der Waals surface area (Å²) in [5.74, 6) is -2.43. The molecule has 0 aliphatic heterocycles. The molecule has 138 valence electrons. The molecule has 0 atom stereocenters. The Balaban J connectivity index is 2.44. The number of nitro groups is 1. The zero-order valence-electron chi connectivity index (χ0n) is 14.0. The molecule has 0 unspecified atom stereocenters. The van der Waals surface area contributed by atoms with E-state index in [2.05, 4.69) is 15.5 Å². The van der Waals surface area contributed by atoms with Gasteiger partial charge in [-0.3, -0.25) is 24.8 Å². The molecule has 2 aromatic rings. The summed E-state index contributed by atoms with van der Waals surface area (Å²) in [6.45, 7) is 4.77. The zero-order chi connectivity index (χ0) is 19.6. The monoisotopic (exact) mass is 381 g/mol. The highest BCUT2D eigenvalue weighted by atomic mass is 32.1. The number of hydrogen-bond acceptors (Lipinski definition) is 8. The summed E-state index contributed by atoms with van der Waals surface area (Å²) in [5.41, 5.74) is 4.58. The van der Waals surface area contributed by atoms with Crippen LogP contribution in [0.1, 0.15) is 49.9 Å². The maximum atomic E-state index is 12.3. The van der Waals surface area contributed by atoms with Gasteiger partial charge < -0.3 is 15.8 Å². The van der Waals surface area contributed by atoms with Crippen LogP contribution in [0.25, 0.3) is 0 Å². The SMILES string of the molecule is Cc1c(C(N)=O)sc(NC(=O)c2[nH]ncc2[N+](=O)[O-])c1C(=O)OC(C)C. The second-order valence-electron chi connectivity index (χ2n) is 5.42. The van der Waals surface area contributed by atoms with E-state index in [1.54, 1.807) is 13.8 Å². The third-order valence-corrected chi connectivity index (χ3v) is 4.41. The predicted molar refractivity (Wildman–Crippen MR) is 91.3 cm³/mol. The van der Waals surface area contributed by atoms with Crippen molar-refractivity contribution >= 4 is 39.8 Å². The predicted octanol–water partition coefficient (Wildman–Crippen LogP) is 1.60. The van der Waals surface area contributed by atoms with Crippen LogP contribution in [0.4, 0.5) is 10.7 Å². The van der Waals surface area contributed by atoms with Crippen molar-refractivity contribution in [2.24, 2.45) is 5.73 Å². The fourth-order valence-corrected chi connectivity index (χ4v) is 3.15. The first-order chi connectivity index (χ1) is 12.1. The van der Waals surface area contributed by atoms with Crippen LogP contribution in [0.2, 0.25) is 0 Å². The third kappa shape index (κ3) is 3.69. The first-order valence-electron chi connectivity index (χ1n) is 7.26. The summed E-state index contributed by atoms with van der Waals surface area (Å²) < 4.78 is 5.12. The van der Waals surface area contributed by atoms with Crippen LogP contribution in [-0.2, 0) is 4.74 Å². The first kappa shape index (κ1) is 19.1. The number of carbonyl (C=O) groups is 3. The molecule has 0 radical (unpaired) electrons. The molecule has 11 nitrogen and oxygen atoms in total. The van der Waals surface area contributed by atoms with Crippen LogP contribution in [-0.4, -0.2) is 39.0 Å². The van der Waals surface area contributed by atoms with E-state index in [1.807, 2.05) is 0 Å². The molecule has 2 aromatic heterocycles. The van der Waals surface area contributed by atoms with Gasteiger partial charge >= 0.3 is 11.7 Å². The second-order valence-corrected chi connectivity index (χ2v) is 6.44. The lowest BCUT2D eigenvalue weighted by atomic mass is 10.1. The van der Waals surface area contributed by atoms with Crippen molar-refractivity contribution in [3.05, 3.63) is 38.0 Å². The molecule has 0 aliphatic rings. The van der Waals surface area contributed by atoms with E-state index in [-0.39, 0.29) is 21.0 Å². The van der Waals surface area contributed by atoms with E-state index in [9.17, 15) is 24.5 Å². The highest BCUT2D eigenvalue weighted by Crippen LogP contribution is 2.34. The van der Waals surface area contributed by atoms with Crippen molar-refractivity contribution in [2.75, 3.05) is 5.32 Å². The van der Waals surface area contributed by atoms with Crippen molar-refractivity contribution < 1.29 is 24.0 Å². The topological polar surface area (TPSA) is 170 Å². The van der Waals surface area contributed by atoms with Crippen molar-refractivity contribution in [3.63, 3.8) is 0 Å². The summed E-state index contributed by atoms with van der Waals surface area (Å²) in [4.78, 5) is 46.4. The van der Waals surface area contributed by atoms with Crippen LogP contribution >= 0.6 is 11.3 Å². The van der Waals surface area contributed by atoms with Gasteiger partial charge in [0, 0.05) is 0 Å². The Labute approximate surface area is 150 Å². The van der Waals surface area contributed by atoms with E-state index in [1.165, 1.54) is 6.92 Å². The molecule has 2 heterocycles. The first-order valence-corrected chi connectivity index (χ1v) is 8.08. The van der Waals surface area contributed by atoms with E-state index in [0.717, 1.165) is 17.5 Å². The number of ether oxygens (including phenoxy) is 1. The Bertz CT molecular complexity index is 900. The standard InChI is InChI=1S/C14H15N5O6S/c1-5(2)25-14(22)8-6(3)10(11(15)20)26-13(8)17-12(21)9-7(19(23)24)4-16-18-9/h4-5H,1-3H3,(H2,15,20)(H,16,18)(H,17,21). The second kappa shape index (κ2) is 7.31. The zero-order valence-corrected chi connectivity index (χ0v) is 14.8. The molecule has 0 saturated heterocycles. The highest BCUT2D eigenvalue weighted by Gasteiger charge is 2.29. The molecule has 0 spiro atoms. The number of carbonyl (C=O) groups excluding carboxylic acids is 3. The average Bonchev–Trinajstić information content (AvgIpc) is 3.11. The Hall–Kier alpha value is -3.28. The number of hydrogen-bond donors (Lipinski definition) is 3. The maximum Gasteiger partial charge on any atom is 0.341 e. The molecule has 4 N–H and O–H groups in total. The summed E-state index contributed by atoms with van der Waals surface area (Å²) in [5, 5.41) is 19.0. The number of anilines is 1. The number of aromatic amines is 1. The van der Waals surface area contributed by atoms with Crippen molar-refractivity contribution in [2.45, 2.75) is 26.9 Å². The molecule has 2 amide bonds. The van der Waals surface area contributed by atoms with E-state index in [0.29, 0.717) is 0 Å². The Kier molecular flexibility index (Phi) is 5.35. The molecule has 0 fully saturated rings. The minimum atomic E-state index is -0.898. The summed E-state index contributed by atoms with van der Waals surface area (Å²) in [6.07, 6.45) is 0.452. The Morgan fingerprint density at radius 2 is 2.08 bits per heavy atom. The van der Waals surface area contributed by atoms with Gasteiger partial charge in [0.25, 0.3) is 11.8 Å². The van der Waals surface area contributed by atoms with Crippen LogP contribution in [0.3, 0.4) is 0 Å². The molecular weight excluding hydrogens is 366 g/mol. The number of aromatic nitrogens is 2. The number of rotatable bonds is 6. The van der Waals surface area contributed by atoms with Crippen molar-refractivity contribution in [1.82, 2.24) is 10.2 Å². The molecular formula is C14H15N5O6S. The lowest BCUT2D eigenvalue weighted by molar-refractivity contribution is -0.385. The number of nitrogens with two attached hydrogens (primary N) is 1. The number of primary amides is 1. The fourth-order valence-electron chi connectivity index (χ4n) is 2.11. The van der Waals surface area contributed by atoms with Crippen LogP contribution in [0.15, 0.2) is 6.20 Å². The third-order valence-electron chi connectivity index (χ3n) is 3.19. The maximum absolute atomic E-state index is 12.3. The quantitative estimate of drug-likeness (QED) is 0.387. The number of amides is 2. The Morgan fingerprint density at radius 1 is 1.42 bits per heavy atom. The Morgan fingerprint density at radius 3 is 2.62 bits per heavy atom. The molecule has 0 saturated carbocycles. The summed E-state index contributed by atoms with van der Waals surface area (Å²) in [7, 11) is 0. The normalized spacial score (nSPS) is 10.6. The van der Waals surface area contributed by atoms with E-state index in [4.69, 9.17) is 10.5 Å². The van der Waals surface area contributed by atoms with Gasteiger partial charge in [0.15, 0.2) is 0 Å². The van der Waals surface area contributed by atoms with Gasteiger partial charge in [-0.05, 0) is 26.3 Å². The van der Waals surface area contributed by atoms with Crippen molar-refractivity contribution in [1.29, 1.82) is 0 Å². The molecule has 12 heteroatoms. The summed E-state index contributed by atoms with van der Waals surface area (Å²) >= 11 is 0.778. The van der Waals surface area contributed by atoms with Gasteiger partial charge in [-0.1, -0.05) is 0 Å². The van der Waals surface area contributed by atoms with Crippen LogP contribution in [0, 0.1) is 17.0 Å². The average molecular weight is 381 g/mol. The van der Waals surface area contributed by atoms with Crippen LogP contribution in [0.5, 0.6) is 0 Å². The smallest absolute Gasteiger partial charge is 0.341 e. The van der Waals surface area contributed by atoms with Gasteiger partial charge in [-0.2, -0.15) is 5.10 Å². The lowest BCUT2D eigenvalue weighted by Gasteiger charge is -2.10. The number of nitrogens with one attached hydrogen (secondary N) is 2. The summed E-state index contributed by atoms with van der Waals surface area (Å²) in [6, 6.07) is 0. The molecule has 0 aliphatic carbocycles. The molecule has 2 rings (SSSR count). The van der Waals surface area contributed by atoms with E-state index >= 15 is 0 Å². The number of esters is 1.